The van der Waals surface area contributed by atoms with Gasteiger partial charge >= 0.3 is 0 Å². The number of hydrogen-bond acceptors (Lipinski definition) is 2. The minimum absolute atomic E-state index is 0.0398. The number of carbonyl (C=O) groups excluding carboxylic acids is 1. The molecule has 5 heteroatoms. The number of carbonyl (C=O) groups is 1. The van der Waals surface area contributed by atoms with Crippen molar-refractivity contribution >= 4 is 40.1 Å². The van der Waals surface area contributed by atoms with Crippen LogP contribution in [0.15, 0.2) is 18.2 Å². The Labute approximate surface area is 126 Å². The van der Waals surface area contributed by atoms with E-state index < -0.39 is 0 Å². The lowest BCUT2D eigenvalue weighted by Gasteiger charge is -2.16. The summed E-state index contributed by atoms with van der Waals surface area (Å²) < 4.78 is 0.960. The van der Waals surface area contributed by atoms with Crippen molar-refractivity contribution in [2.45, 2.75) is 25.3 Å². The summed E-state index contributed by atoms with van der Waals surface area (Å²) in [6, 6.07) is 5.62. The van der Waals surface area contributed by atoms with E-state index in [1.165, 1.54) is 6.42 Å². The van der Waals surface area contributed by atoms with Gasteiger partial charge in [-0.3, -0.25) is 4.79 Å². The summed E-state index contributed by atoms with van der Waals surface area (Å²) in [4.78, 5) is 12.1. The second kappa shape index (κ2) is 6.73. The zero-order valence-electron chi connectivity index (χ0n) is 10.0. The molecule has 1 aromatic carbocycles. The van der Waals surface area contributed by atoms with Gasteiger partial charge in [0.15, 0.2) is 0 Å². The quantitative estimate of drug-likeness (QED) is 0.777. The van der Waals surface area contributed by atoms with Crippen molar-refractivity contribution in [1.29, 1.82) is 0 Å². The highest BCUT2D eigenvalue weighted by Crippen LogP contribution is 2.19. The summed E-state index contributed by atoms with van der Waals surface area (Å²) in [7, 11) is 0. The number of nitrogens with one attached hydrogen (secondary N) is 2. The smallest absolute Gasteiger partial charge is 0.251 e. The summed E-state index contributed by atoms with van der Waals surface area (Å²) >= 11 is 8.18. The fraction of sp³-hybridized carbons (Fsp3) is 0.462. The maximum Gasteiger partial charge on any atom is 0.251 e. The van der Waals surface area contributed by atoms with E-state index in [1.54, 1.807) is 6.07 Å². The number of halogens is 2. The first-order valence-electron chi connectivity index (χ1n) is 6.13. The first-order chi connectivity index (χ1) is 8.66. The highest BCUT2D eigenvalue weighted by Gasteiger charge is 2.15. The second-order valence-electron chi connectivity index (χ2n) is 4.50. The van der Waals surface area contributed by atoms with Crippen molar-refractivity contribution in [1.82, 2.24) is 10.6 Å². The van der Waals surface area contributed by atoms with Gasteiger partial charge < -0.3 is 10.6 Å². The molecule has 18 heavy (non-hydrogen) atoms. The van der Waals surface area contributed by atoms with Gasteiger partial charge in [0.2, 0.25) is 0 Å². The van der Waals surface area contributed by atoms with Crippen molar-refractivity contribution in [3.8, 4) is 0 Å². The zero-order chi connectivity index (χ0) is 13.0. The van der Waals surface area contributed by atoms with E-state index in [-0.39, 0.29) is 11.9 Å². The van der Waals surface area contributed by atoms with E-state index in [1.807, 2.05) is 12.1 Å². The molecule has 1 saturated heterocycles. The van der Waals surface area contributed by atoms with Gasteiger partial charge in [0.05, 0.1) is 5.02 Å². The summed E-state index contributed by atoms with van der Waals surface area (Å²) in [6.45, 7) is 1.89. The zero-order valence-corrected chi connectivity index (χ0v) is 12.9. The molecule has 1 heterocycles. The molecule has 1 aliphatic rings. The predicted octanol–water partition coefficient (Wildman–Crippen LogP) is 2.82. The maximum atomic E-state index is 12.1. The van der Waals surface area contributed by atoms with Crippen LogP contribution >= 0.6 is 34.2 Å². The summed E-state index contributed by atoms with van der Waals surface area (Å²) in [5.74, 6) is -0.0398. The van der Waals surface area contributed by atoms with Crippen LogP contribution in [0, 0.1) is 3.57 Å². The van der Waals surface area contributed by atoms with E-state index in [2.05, 4.69) is 33.2 Å². The van der Waals surface area contributed by atoms with E-state index in [9.17, 15) is 4.79 Å². The average Bonchev–Trinajstić information content (AvgIpc) is 2.61. The van der Waals surface area contributed by atoms with Crippen molar-refractivity contribution in [2.75, 3.05) is 13.1 Å². The average molecular weight is 379 g/mol. The van der Waals surface area contributed by atoms with Gasteiger partial charge in [-0.2, -0.15) is 0 Å². The maximum absolute atomic E-state index is 12.1. The highest BCUT2D eigenvalue weighted by molar-refractivity contribution is 14.1. The number of amides is 1. The minimum Gasteiger partial charge on any atom is -0.348 e. The molecule has 0 saturated carbocycles. The minimum atomic E-state index is -0.0398. The standard InChI is InChI=1S/C13H16ClIN2O/c14-11-7-9(4-5-12(11)15)13(18)17-10-3-1-2-6-16-8-10/h4-5,7,10,16H,1-3,6,8H2,(H,17,18). The normalized spacial score (nSPS) is 20.2. The molecular weight excluding hydrogens is 363 g/mol. The first kappa shape index (κ1) is 14.1. The Bertz CT molecular complexity index is 431. The van der Waals surface area contributed by atoms with Crippen molar-refractivity contribution in [3.63, 3.8) is 0 Å². The Hall–Kier alpha value is -0.330. The molecule has 2 N–H and O–H groups in total. The van der Waals surface area contributed by atoms with Crippen LogP contribution in [-0.4, -0.2) is 25.0 Å². The Morgan fingerprint density at radius 1 is 1.44 bits per heavy atom. The van der Waals surface area contributed by atoms with E-state index in [0.29, 0.717) is 10.6 Å². The largest absolute Gasteiger partial charge is 0.348 e. The molecule has 2 rings (SSSR count). The van der Waals surface area contributed by atoms with Crippen LogP contribution in [0.5, 0.6) is 0 Å². The van der Waals surface area contributed by atoms with Gasteiger partial charge in [0, 0.05) is 21.7 Å². The molecule has 1 unspecified atom stereocenters. The van der Waals surface area contributed by atoms with Gasteiger partial charge in [0.25, 0.3) is 5.91 Å². The van der Waals surface area contributed by atoms with Crippen LogP contribution in [0.4, 0.5) is 0 Å². The Kier molecular flexibility index (Phi) is 5.26. The van der Waals surface area contributed by atoms with E-state index in [4.69, 9.17) is 11.6 Å². The number of rotatable bonds is 2. The Balaban J connectivity index is 1.99. The molecule has 0 aliphatic carbocycles. The lowest BCUT2D eigenvalue weighted by atomic mass is 10.1. The van der Waals surface area contributed by atoms with Crippen LogP contribution in [0.1, 0.15) is 29.6 Å². The Morgan fingerprint density at radius 2 is 2.28 bits per heavy atom. The molecule has 0 spiro atoms. The van der Waals surface area contributed by atoms with Crippen molar-refractivity contribution < 1.29 is 4.79 Å². The number of benzene rings is 1. The van der Waals surface area contributed by atoms with Gasteiger partial charge in [-0.1, -0.05) is 18.0 Å². The van der Waals surface area contributed by atoms with Crippen molar-refractivity contribution in [2.24, 2.45) is 0 Å². The molecule has 0 aromatic heterocycles. The molecule has 1 fully saturated rings. The molecule has 1 amide bonds. The van der Waals surface area contributed by atoms with Crippen LogP contribution in [0.2, 0.25) is 5.02 Å². The van der Waals surface area contributed by atoms with Crippen LogP contribution in [0.25, 0.3) is 0 Å². The molecule has 1 aromatic rings. The van der Waals surface area contributed by atoms with Gasteiger partial charge in [0.1, 0.15) is 0 Å². The third-order valence-electron chi connectivity index (χ3n) is 3.06. The molecule has 1 aliphatic heterocycles. The van der Waals surface area contributed by atoms with Gasteiger partial charge in [-0.15, -0.1) is 0 Å². The lowest BCUT2D eigenvalue weighted by Crippen LogP contribution is -2.40. The molecular formula is C13H16ClIN2O. The van der Waals surface area contributed by atoms with Crippen LogP contribution in [-0.2, 0) is 0 Å². The fourth-order valence-electron chi connectivity index (χ4n) is 2.05. The topological polar surface area (TPSA) is 41.1 Å². The summed E-state index contributed by atoms with van der Waals surface area (Å²) in [6.07, 6.45) is 3.38. The first-order valence-corrected chi connectivity index (χ1v) is 7.59. The number of hydrogen-bond donors (Lipinski definition) is 2. The molecule has 3 nitrogen and oxygen atoms in total. The van der Waals surface area contributed by atoms with E-state index in [0.717, 1.165) is 29.5 Å². The molecule has 98 valence electrons. The third-order valence-corrected chi connectivity index (χ3v) is 4.64. The SMILES string of the molecule is O=C(NC1CCCCNC1)c1ccc(I)c(Cl)c1. The van der Waals surface area contributed by atoms with Crippen LogP contribution < -0.4 is 10.6 Å². The van der Waals surface area contributed by atoms with Crippen LogP contribution in [0.3, 0.4) is 0 Å². The third kappa shape index (κ3) is 3.83. The summed E-state index contributed by atoms with van der Waals surface area (Å²) in [5, 5.41) is 7.02. The molecule has 1 atom stereocenters. The Morgan fingerprint density at radius 3 is 3.06 bits per heavy atom. The lowest BCUT2D eigenvalue weighted by molar-refractivity contribution is 0.0935. The molecule has 0 bridgehead atoms. The fourth-order valence-corrected chi connectivity index (χ4v) is 2.56. The summed E-state index contributed by atoms with van der Waals surface area (Å²) in [5.41, 5.74) is 0.629. The van der Waals surface area contributed by atoms with E-state index >= 15 is 0 Å². The van der Waals surface area contributed by atoms with Gasteiger partial charge in [-0.25, -0.2) is 0 Å². The highest BCUT2D eigenvalue weighted by atomic mass is 127. The van der Waals surface area contributed by atoms with Crippen molar-refractivity contribution in [3.05, 3.63) is 32.4 Å². The molecule has 0 radical (unpaired) electrons. The predicted molar refractivity (Wildman–Crippen MR) is 82.1 cm³/mol. The second-order valence-corrected chi connectivity index (χ2v) is 6.07. The monoisotopic (exact) mass is 378 g/mol. The van der Waals surface area contributed by atoms with Gasteiger partial charge in [-0.05, 0) is 60.2 Å².